The van der Waals surface area contributed by atoms with Crippen molar-refractivity contribution in [3.8, 4) is 0 Å². The third kappa shape index (κ3) is 2.77. The molecule has 1 atom stereocenters. The molecule has 1 heterocycles. The van der Waals surface area contributed by atoms with E-state index in [0.29, 0.717) is 0 Å². The third-order valence-electron chi connectivity index (χ3n) is 1.77. The summed E-state index contributed by atoms with van der Waals surface area (Å²) in [5.74, 6) is 1.16. The van der Waals surface area contributed by atoms with Crippen LogP contribution in [0, 0.1) is 11.3 Å². The van der Waals surface area contributed by atoms with Gasteiger partial charge in [0.15, 0.2) is 5.16 Å². The van der Waals surface area contributed by atoms with Crippen LogP contribution in [0.25, 0.3) is 0 Å². The van der Waals surface area contributed by atoms with Crippen LogP contribution < -0.4 is 5.73 Å². The van der Waals surface area contributed by atoms with Gasteiger partial charge in [-0.25, -0.2) is 4.98 Å². The Labute approximate surface area is 82.0 Å². The minimum atomic E-state index is 0.113. The van der Waals surface area contributed by atoms with Crippen LogP contribution in [0.4, 0.5) is 0 Å². The molecule has 1 rings (SSSR count). The maximum absolute atomic E-state index is 7.22. The van der Waals surface area contributed by atoms with E-state index in [2.05, 4.69) is 4.98 Å². The van der Waals surface area contributed by atoms with E-state index < -0.39 is 0 Å². The fourth-order valence-electron chi connectivity index (χ4n) is 0.780. The molecule has 1 aromatic heterocycles. The monoisotopic (exact) mass is 198 g/mol. The van der Waals surface area contributed by atoms with E-state index in [0.717, 1.165) is 10.9 Å². The number of aromatic nitrogens is 2. The highest BCUT2D eigenvalue weighted by Crippen LogP contribution is 2.17. The summed E-state index contributed by atoms with van der Waals surface area (Å²) >= 11 is 1.62. The first-order valence-electron chi connectivity index (χ1n) is 4.05. The lowest BCUT2D eigenvalue weighted by Gasteiger charge is -2.07. The molecule has 0 amide bonds. The zero-order chi connectivity index (χ0) is 9.84. The van der Waals surface area contributed by atoms with Crippen LogP contribution in [0.15, 0.2) is 17.6 Å². The number of nitrogens with zero attached hydrogens (tertiary/aromatic N) is 2. The van der Waals surface area contributed by atoms with Crippen molar-refractivity contribution >= 4 is 17.6 Å². The lowest BCUT2D eigenvalue weighted by atomic mass is 10.2. The summed E-state index contributed by atoms with van der Waals surface area (Å²) in [7, 11) is 1.95. The van der Waals surface area contributed by atoms with E-state index in [1.54, 1.807) is 18.0 Å². The summed E-state index contributed by atoms with van der Waals surface area (Å²) in [5.41, 5.74) is 5.36. The molecule has 3 N–H and O–H groups in total. The summed E-state index contributed by atoms with van der Waals surface area (Å²) < 4.78 is 1.96. The van der Waals surface area contributed by atoms with E-state index >= 15 is 0 Å². The molecule has 1 unspecified atom stereocenters. The number of hydrogen-bond acceptors (Lipinski definition) is 3. The molecule has 0 spiro atoms. The molecule has 1 aromatic rings. The molecule has 0 radical (unpaired) electrons. The third-order valence-corrected chi connectivity index (χ3v) is 3.09. The van der Waals surface area contributed by atoms with Gasteiger partial charge in [-0.15, -0.1) is 0 Å². The highest BCUT2D eigenvalue weighted by atomic mass is 32.2. The molecule has 0 aliphatic carbocycles. The van der Waals surface area contributed by atoms with Crippen molar-refractivity contribution in [1.82, 2.24) is 9.55 Å². The maximum Gasteiger partial charge on any atom is 0.167 e. The van der Waals surface area contributed by atoms with Crippen LogP contribution in [0.1, 0.15) is 6.92 Å². The molecule has 4 nitrogen and oxygen atoms in total. The Bertz CT molecular complexity index is 294. The van der Waals surface area contributed by atoms with Gasteiger partial charge in [0.1, 0.15) is 0 Å². The Balaban J connectivity index is 2.44. The van der Waals surface area contributed by atoms with Crippen LogP contribution in [0.3, 0.4) is 0 Å². The predicted octanol–water partition coefficient (Wildman–Crippen LogP) is 1.08. The van der Waals surface area contributed by atoms with Gasteiger partial charge < -0.3 is 10.3 Å². The van der Waals surface area contributed by atoms with E-state index in [-0.39, 0.29) is 11.8 Å². The first kappa shape index (κ1) is 10.1. The maximum atomic E-state index is 7.22. The van der Waals surface area contributed by atoms with E-state index in [9.17, 15) is 0 Å². The molecule has 13 heavy (non-hydrogen) atoms. The number of thioether (sulfide) groups is 1. The second kappa shape index (κ2) is 4.32. The Morgan fingerprint density at radius 1 is 1.85 bits per heavy atom. The number of rotatable bonds is 4. The fraction of sp³-hybridized carbons (Fsp3) is 0.500. The van der Waals surface area contributed by atoms with Gasteiger partial charge in [0.2, 0.25) is 0 Å². The van der Waals surface area contributed by atoms with Crippen molar-refractivity contribution in [2.45, 2.75) is 12.1 Å². The molecule has 0 aliphatic rings. The minimum absolute atomic E-state index is 0.113. The molecule has 72 valence electrons. The molecular weight excluding hydrogens is 184 g/mol. The molecule has 0 aromatic carbocycles. The summed E-state index contributed by atoms with van der Waals surface area (Å²) in [6.45, 7) is 1.94. The number of nitrogens with one attached hydrogen (secondary N) is 1. The lowest BCUT2D eigenvalue weighted by molar-refractivity contribution is 0.784. The molecule has 0 bridgehead atoms. The summed E-state index contributed by atoms with van der Waals surface area (Å²) in [6.07, 6.45) is 3.67. The van der Waals surface area contributed by atoms with Gasteiger partial charge in [-0.3, -0.25) is 5.41 Å². The topological polar surface area (TPSA) is 67.7 Å². The van der Waals surface area contributed by atoms with Gasteiger partial charge in [0, 0.05) is 31.1 Å². The zero-order valence-corrected chi connectivity index (χ0v) is 8.64. The average Bonchev–Trinajstić information content (AvgIpc) is 2.47. The Morgan fingerprint density at radius 2 is 2.54 bits per heavy atom. The van der Waals surface area contributed by atoms with Crippen LogP contribution in [0.5, 0.6) is 0 Å². The minimum Gasteiger partial charge on any atom is -0.387 e. The number of amidine groups is 1. The van der Waals surface area contributed by atoms with Crippen molar-refractivity contribution in [2.24, 2.45) is 18.7 Å². The van der Waals surface area contributed by atoms with Crippen LogP contribution in [-0.2, 0) is 7.05 Å². The lowest BCUT2D eigenvalue weighted by Crippen LogP contribution is -2.21. The molecular formula is C8H14N4S. The SMILES string of the molecule is CC(CSc1nccn1C)C(=N)N. The molecule has 0 fully saturated rings. The largest absolute Gasteiger partial charge is 0.387 e. The summed E-state index contributed by atoms with van der Waals surface area (Å²) in [6, 6.07) is 0. The summed E-state index contributed by atoms with van der Waals surface area (Å²) in [5, 5.41) is 8.19. The first-order valence-corrected chi connectivity index (χ1v) is 5.04. The number of nitrogens with two attached hydrogens (primary N) is 1. The van der Waals surface area contributed by atoms with E-state index in [1.807, 2.05) is 24.7 Å². The number of imidazole rings is 1. The van der Waals surface area contributed by atoms with Crippen molar-refractivity contribution in [3.05, 3.63) is 12.4 Å². The van der Waals surface area contributed by atoms with Crippen molar-refractivity contribution in [1.29, 1.82) is 5.41 Å². The highest BCUT2D eigenvalue weighted by Gasteiger charge is 2.07. The Hall–Kier alpha value is -0.970. The fourth-order valence-corrected chi connectivity index (χ4v) is 1.76. The van der Waals surface area contributed by atoms with Gasteiger partial charge in [-0.1, -0.05) is 18.7 Å². The van der Waals surface area contributed by atoms with E-state index in [1.165, 1.54) is 0 Å². The van der Waals surface area contributed by atoms with Gasteiger partial charge in [-0.05, 0) is 0 Å². The van der Waals surface area contributed by atoms with Crippen LogP contribution in [-0.4, -0.2) is 21.1 Å². The van der Waals surface area contributed by atoms with Gasteiger partial charge in [-0.2, -0.15) is 0 Å². The number of aryl methyl sites for hydroxylation is 1. The quantitative estimate of drug-likeness (QED) is 0.432. The molecule has 0 saturated heterocycles. The van der Waals surface area contributed by atoms with E-state index in [4.69, 9.17) is 11.1 Å². The van der Waals surface area contributed by atoms with Crippen molar-refractivity contribution in [3.63, 3.8) is 0 Å². The summed E-state index contributed by atoms with van der Waals surface area (Å²) in [4.78, 5) is 4.16. The average molecular weight is 198 g/mol. The molecule has 0 saturated carbocycles. The molecule has 0 aliphatic heterocycles. The smallest absolute Gasteiger partial charge is 0.167 e. The number of hydrogen-bond donors (Lipinski definition) is 2. The van der Waals surface area contributed by atoms with Crippen LogP contribution >= 0.6 is 11.8 Å². The van der Waals surface area contributed by atoms with Gasteiger partial charge >= 0.3 is 0 Å². The zero-order valence-electron chi connectivity index (χ0n) is 7.82. The van der Waals surface area contributed by atoms with Crippen molar-refractivity contribution in [2.75, 3.05) is 5.75 Å². The Kier molecular flexibility index (Phi) is 3.36. The standard InChI is InChI=1S/C8H14N4S/c1-6(7(9)10)5-13-8-11-3-4-12(8)2/h3-4,6H,5H2,1-2H3,(H3,9,10). The first-order chi connectivity index (χ1) is 6.11. The highest BCUT2D eigenvalue weighted by molar-refractivity contribution is 7.99. The van der Waals surface area contributed by atoms with Gasteiger partial charge in [0.05, 0.1) is 5.84 Å². The Morgan fingerprint density at radius 3 is 3.00 bits per heavy atom. The van der Waals surface area contributed by atoms with Crippen LogP contribution in [0.2, 0.25) is 0 Å². The second-order valence-corrected chi connectivity index (χ2v) is 3.98. The normalized spacial score (nSPS) is 12.8. The predicted molar refractivity (Wildman–Crippen MR) is 55.0 cm³/mol. The second-order valence-electron chi connectivity index (χ2n) is 2.99. The van der Waals surface area contributed by atoms with Gasteiger partial charge in [0.25, 0.3) is 0 Å². The van der Waals surface area contributed by atoms with Crippen molar-refractivity contribution < 1.29 is 0 Å². The molecule has 5 heteroatoms.